The minimum Gasteiger partial charge on any atom is -0.385 e. The van der Waals surface area contributed by atoms with Gasteiger partial charge in [0.1, 0.15) is 0 Å². The molecule has 2 aromatic rings. The molecule has 0 N–H and O–H groups in total. The fourth-order valence-electron chi connectivity index (χ4n) is 4.07. The summed E-state index contributed by atoms with van der Waals surface area (Å²) in [4.78, 5) is 8.72. The minimum atomic E-state index is -3.58. The summed E-state index contributed by atoms with van der Waals surface area (Å²) >= 11 is 0. The third-order valence-corrected chi connectivity index (χ3v) is 7.74. The molecular weight excluding hydrogens is 410 g/mol. The lowest BCUT2D eigenvalue weighted by molar-refractivity contribution is 0.0673. The molecule has 0 amide bonds. The van der Waals surface area contributed by atoms with Crippen molar-refractivity contribution in [1.29, 1.82) is 0 Å². The number of hydrogen-bond donors (Lipinski definition) is 0. The molecule has 2 aliphatic heterocycles. The molecule has 10 nitrogen and oxygen atoms in total. The average Bonchev–Trinajstić information content (AvgIpc) is 3.30. The van der Waals surface area contributed by atoms with Crippen LogP contribution in [0.2, 0.25) is 0 Å². The minimum absolute atomic E-state index is 0.294. The van der Waals surface area contributed by atoms with Crippen LogP contribution in [0, 0.1) is 0 Å². The van der Waals surface area contributed by atoms with E-state index in [1.807, 2.05) is 6.07 Å². The number of morpholine rings is 1. The number of ether oxygens (including phenoxy) is 2. The Morgan fingerprint density at radius 3 is 2.80 bits per heavy atom. The van der Waals surface area contributed by atoms with Crippen molar-refractivity contribution in [1.82, 2.24) is 23.7 Å². The predicted octanol–water partition coefficient (Wildman–Crippen LogP) is 1.08. The highest BCUT2D eigenvalue weighted by Crippen LogP contribution is 2.38. The molecule has 2 fully saturated rings. The number of pyridine rings is 1. The van der Waals surface area contributed by atoms with Crippen molar-refractivity contribution < 1.29 is 22.4 Å². The summed E-state index contributed by atoms with van der Waals surface area (Å²) in [5, 5.41) is 4.25. The summed E-state index contributed by atoms with van der Waals surface area (Å²) in [6.07, 6.45) is 5.41. The maximum absolute atomic E-state index is 13.3. The van der Waals surface area contributed by atoms with E-state index in [0.29, 0.717) is 70.6 Å². The molecule has 0 bridgehead atoms. The number of hydrogen-bond acceptors (Lipinski definition) is 8. The molecule has 0 radical (unpaired) electrons. The summed E-state index contributed by atoms with van der Waals surface area (Å²) < 4.78 is 45.7. The van der Waals surface area contributed by atoms with E-state index in [-0.39, 0.29) is 0 Å². The highest BCUT2D eigenvalue weighted by Gasteiger charge is 2.45. The average molecular weight is 438 g/mol. The van der Waals surface area contributed by atoms with Crippen molar-refractivity contribution >= 4 is 10.2 Å². The van der Waals surface area contributed by atoms with Gasteiger partial charge in [0.25, 0.3) is 16.1 Å². The van der Waals surface area contributed by atoms with Gasteiger partial charge < -0.3 is 14.0 Å². The second-order valence-corrected chi connectivity index (χ2v) is 9.57. The molecule has 11 heteroatoms. The van der Waals surface area contributed by atoms with Gasteiger partial charge in [-0.3, -0.25) is 4.98 Å². The fraction of sp³-hybridized carbons (Fsp3) is 0.632. The Morgan fingerprint density at radius 1 is 1.23 bits per heavy atom. The summed E-state index contributed by atoms with van der Waals surface area (Å²) in [6.45, 7) is 2.82. The number of piperidine rings is 1. The zero-order valence-electron chi connectivity index (χ0n) is 17.1. The molecule has 1 unspecified atom stereocenters. The highest BCUT2D eigenvalue weighted by molar-refractivity contribution is 7.86. The van der Waals surface area contributed by atoms with Crippen LogP contribution >= 0.6 is 0 Å². The second kappa shape index (κ2) is 9.06. The molecule has 2 saturated heterocycles. The quantitative estimate of drug-likeness (QED) is 0.633. The van der Waals surface area contributed by atoms with Gasteiger partial charge in [0.15, 0.2) is 5.82 Å². The molecule has 1 atom stereocenters. The Kier molecular flexibility index (Phi) is 6.44. The number of nitrogens with zero attached hydrogens (tertiary/aromatic N) is 5. The number of methoxy groups -OCH3 is 1. The molecule has 30 heavy (non-hydrogen) atoms. The molecule has 4 rings (SSSR count). The molecular formula is C19H27N5O5S. The molecule has 2 aliphatic rings. The first-order valence-electron chi connectivity index (χ1n) is 10.1. The molecule has 0 saturated carbocycles. The van der Waals surface area contributed by atoms with Crippen molar-refractivity contribution in [3.8, 4) is 11.5 Å². The first-order chi connectivity index (χ1) is 14.5. The Bertz CT molecular complexity index is 932. The summed E-state index contributed by atoms with van der Waals surface area (Å²) in [7, 11) is -1.95. The first kappa shape index (κ1) is 21.3. The molecule has 0 spiro atoms. The van der Waals surface area contributed by atoms with E-state index in [1.165, 1.54) is 4.31 Å². The predicted molar refractivity (Wildman–Crippen MR) is 108 cm³/mol. The lowest BCUT2D eigenvalue weighted by Crippen LogP contribution is -2.55. The van der Waals surface area contributed by atoms with Gasteiger partial charge in [-0.2, -0.15) is 22.0 Å². The first-order valence-corrected chi connectivity index (χ1v) is 11.5. The van der Waals surface area contributed by atoms with Crippen LogP contribution in [0.3, 0.4) is 0 Å². The maximum atomic E-state index is 13.3. The third-order valence-electron chi connectivity index (χ3n) is 5.76. The molecule has 0 aliphatic carbocycles. The monoisotopic (exact) mass is 437 g/mol. The van der Waals surface area contributed by atoms with Crippen LogP contribution in [0.25, 0.3) is 11.5 Å². The van der Waals surface area contributed by atoms with Crippen LogP contribution in [0.4, 0.5) is 0 Å². The normalized spacial score (nSPS) is 24.2. The third kappa shape index (κ3) is 4.26. The second-order valence-electron chi connectivity index (χ2n) is 7.64. The van der Waals surface area contributed by atoms with Crippen LogP contribution in [-0.4, -0.2) is 85.3 Å². The Morgan fingerprint density at radius 2 is 2.07 bits per heavy atom. The SMILES string of the molecule is COCCC1(c2noc(-c3cccnc3)n2)CCCN(S(=O)(=O)N2CCOCC2)C1. The number of aromatic nitrogens is 3. The topological polar surface area (TPSA) is 111 Å². The largest absolute Gasteiger partial charge is 0.385 e. The van der Waals surface area contributed by atoms with E-state index in [2.05, 4.69) is 15.1 Å². The van der Waals surface area contributed by atoms with E-state index >= 15 is 0 Å². The van der Waals surface area contributed by atoms with Gasteiger partial charge >= 0.3 is 0 Å². The van der Waals surface area contributed by atoms with Gasteiger partial charge in [-0.25, -0.2) is 0 Å². The molecule has 0 aromatic carbocycles. The zero-order valence-corrected chi connectivity index (χ0v) is 17.9. The molecule has 4 heterocycles. The van der Waals surface area contributed by atoms with Gasteiger partial charge in [-0.15, -0.1) is 0 Å². The maximum Gasteiger partial charge on any atom is 0.282 e. The summed E-state index contributed by atoms with van der Waals surface area (Å²) in [6, 6.07) is 3.65. The van der Waals surface area contributed by atoms with Gasteiger partial charge in [0.2, 0.25) is 0 Å². The highest BCUT2D eigenvalue weighted by atomic mass is 32.2. The van der Waals surface area contributed by atoms with Crippen molar-refractivity contribution in [2.24, 2.45) is 0 Å². The number of rotatable bonds is 7. The molecule has 164 valence electrons. The van der Waals surface area contributed by atoms with Crippen molar-refractivity contribution in [3.63, 3.8) is 0 Å². The van der Waals surface area contributed by atoms with E-state index in [0.717, 1.165) is 12.0 Å². The Balaban J connectivity index is 1.62. The Hall–Kier alpha value is -1.92. The van der Waals surface area contributed by atoms with E-state index in [9.17, 15) is 8.42 Å². The van der Waals surface area contributed by atoms with Crippen molar-refractivity contribution in [2.75, 3.05) is 53.1 Å². The van der Waals surface area contributed by atoms with Gasteiger partial charge in [-0.1, -0.05) is 5.16 Å². The van der Waals surface area contributed by atoms with E-state index in [4.69, 9.17) is 14.0 Å². The van der Waals surface area contributed by atoms with Crippen LogP contribution in [0.1, 0.15) is 25.1 Å². The van der Waals surface area contributed by atoms with E-state index in [1.54, 1.807) is 29.9 Å². The lowest BCUT2D eigenvalue weighted by Gasteiger charge is -2.42. The lowest BCUT2D eigenvalue weighted by atomic mass is 9.77. The smallest absolute Gasteiger partial charge is 0.282 e. The van der Waals surface area contributed by atoms with Crippen LogP contribution in [0.5, 0.6) is 0 Å². The summed E-state index contributed by atoms with van der Waals surface area (Å²) in [5.74, 6) is 0.892. The van der Waals surface area contributed by atoms with Crippen LogP contribution in [-0.2, 0) is 25.1 Å². The summed E-state index contributed by atoms with van der Waals surface area (Å²) in [5.41, 5.74) is 0.157. The van der Waals surface area contributed by atoms with Crippen LogP contribution in [0.15, 0.2) is 29.0 Å². The molecule has 2 aromatic heterocycles. The van der Waals surface area contributed by atoms with Crippen molar-refractivity contribution in [2.45, 2.75) is 24.7 Å². The fourth-order valence-corrected chi connectivity index (χ4v) is 5.78. The van der Waals surface area contributed by atoms with E-state index < -0.39 is 15.6 Å². The Labute approximate surface area is 176 Å². The van der Waals surface area contributed by atoms with Gasteiger partial charge in [0.05, 0.1) is 18.8 Å². The van der Waals surface area contributed by atoms with Gasteiger partial charge in [-0.05, 0) is 31.4 Å². The van der Waals surface area contributed by atoms with Crippen LogP contribution < -0.4 is 0 Å². The van der Waals surface area contributed by atoms with Crippen molar-refractivity contribution in [3.05, 3.63) is 30.4 Å². The zero-order chi connectivity index (χ0) is 21.0. The van der Waals surface area contributed by atoms with Gasteiger partial charge in [0, 0.05) is 57.7 Å². The standard InChI is InChI=1S/C19H27N5O5S/c1-27-11-6-19(18-21-17(29-22-18)16-4-2-7-20-14-16)5-3-8-24(15-19)30(25,26)23-9-12-28-13-10-23/h2,4,7,14H,3,5-6,8-13,15H2,1H3.